The number of thiophene rings is 2. The van der Waals surface area contributed by atoms with Crippen molar-refractivity contribution in [1.29, 1.82) is 0 Å². The van der Waals surface area contributed by atoms with Gasteiger partial charge in [0.05, 0.1) is 9.77 Å². The summed E-state index contributed by atoms with van der Waals surface area (Å²) in [7, 11) is -3.65. The molecule has 0 radical (unpaired) electrons. The zero-order valence-electron chi connectivity index (χ0n) is 14.5. The minimum atomic E-state index is -3.65. The molecule has 3 aromatic heterocycles. The van der Waals surface area contributed by atoms with Gasteiger partial charge in [-0.2, -0.15) is 4.98 Å². The number of aryl methyl sites for hydroxylation is 1. The molecule has 1 aromatic carbocycles. The van der Waals surface area contributed by atoms with Gasteiger partial charge in [0, 0.05) is 26.9 Å². The molecule has 0 aliphatic carbocycles. The van der Waals surface area contributed by atoms with Crippen molar-refractivity contribution in [3.8, 4) is 22.2 Å². The standard InChI is InChI=1S/C18H14ClN3O3S3/c1-11-16(28(23,24)20-10-14-6-3-7-26-14)9-15(27-11)18-21-17(22-25-18)12-4-2-5-13(19)8-12/h2-9,20H,10H2,1H3. The van der Waals surface area contributed by atoms with Crippen molar-refractivity contribution in [3.05, 3.63) is 62.6 Å². The molecule has 3 heterocycles. The molecule has 0 amide bonds. The summed E-state index contributed by atoms with van der Waals surface area (Å²) in [5.41, 5.74) is 0.723. The number of aromatic nitrogens is 2. The third kappa shape index (κ3) is 4.03. The lowest BCUT2D eigenvalue weighted by atomic mass is 10.2. The SMILES string of the molecule is Cc1sc(-c2nc(-c3cccc(Cl)c3)no2)cc1S(=O)(=O)NCc1cccs1. The maximum atomic E-state index is 12.7. The van der Waals surface area contributed by atoms with Crippen LogP contribution in [0.4, 0.5) is 0 Å². The van der Waals surface area contributed by atoms with Gasteiger partial charge in [0.2, 0.25) is 15.8 Å². The Kier molecular flexibility index (Phi) is 5.35. The molecule has 0 aliphatic rings. The van der Waals surface area contributed by atoms with Crippen LogP contribution < -0.4 is 4.72 Å². The van der Waals surface area contributed by atoms with Gasteiger partial charge in [-0.15, -0.1) is 22.7 Å². The van der Waals surface area contributed by atoms with Gasteiger partial charge in [0.25, 0.3) is 5.89 Å². The Bertz CT molecular complexity index is 1210. The van der Waals surface area contributed by atoms with Crippen LogP contribution in [0, 0.1) is 6.92 Å². The number of halogens is 1. The molecule has 0 spiro atoms. The Balaban J connectivity index is 1.59. The van der Waals surface area contributed by atoms with Crippen LogP contribution in [0.5, 0.6) is 0 Å². The first-order chi connectivity index (χ1) is 13.4. The van der Waals surface area contributed by atoms with E-state index in [1.807, 2.05) is 23.6 Å². The van der Waals surface area contributed by atoms with Crippen molar-refractivity contribution >= 4 is 44.3 Å². The average Bonchev–Trinajstić information content (AvgIpc) is 3.40. The van der Waals surface area contributed by atoms with E-state index in [9.17, 15) is 8.42 Å². The fourth-order valence-electron chi connectivity index (χ4n) is 2.56. The minimum absolute atomic E-state index is 0.214. The van der Waals surface area contributed by atoms with Crippen LogP contribution in [0.3, 0.4) is 0 Å². The van der Waals surface area contributed by atoms with Crippen molar-refractivity contribution in [2.45, 2.75) is 18.4 Å². The highest BCUT2D eigenvalue weighted by Gasteiger charge is 2.23. The zero-order valence-corrected chi connectivity index (χ0v) is 17.8. The summed E-state index contributed by atoms with van der Waals surface area (Å²) in [6.45, 7) is 2.01. The van der Waals surface area contributed by atoms with E-state index in [1.165, 1.54) is 22.7 Å². The number of hydrogen-bond donors (Lipinski definition) is 1. The Morgan fingerprint density at radius 3 is 2.82 bits per heavy atom. The van der Waals surface area contributed by atoms with Gasteiger partial charge in [-0.1, -0.05) is 35.0 Å². The monoisotopic (exact) mass is 451 g/mol. The molecular formula is C18H14ClN3O3S3. The topological polar surface area (TPSA) is 85.1 Å². The molecule has 0 atom stereocenters. The first kappa shape index (κ1) is 19.3. The molecule has 4 rings (SSSR count). The van der Waals surface area contributed by atoms with Gasteiger partial charge in [-0.3, -0.25) is 0 Å². The predicted octanol–water partition coefficient (Wildman–Crippen LogP) is 4.97. The maximum Gasteiger partial charge on any atom is 0.268 e. The largest absolute Gasteiger partial charge is 0.333 e. The molecule has 10 heteroatoms. The summed E-state index contributed by atoms with van der Waals surface area (Å²) >= 11 is 8.79. The Morgan fingerprint density at radius 1 is 1.21 bits per heavy atom. The highest BCUT2D eigenvalue weighted by atomic mass is 35.5. The van der Waals surface area contributed by atoms with Crippen molar-refractivity contribution in [2.75, 3.05) is 0 Å². The van der Waals surface area contributed by atoms with Gasteiger partial charge in [0.15, 0.2) is 0 Å². The highest BCUT2D eigenvalue weighted by molar-refractivity contribution is 7.89. The molecule has 28 heavy (non-hydrogen) atoms. The van der Waals surface area contributed by atoms with Gasteiger partial charge in [-0.05, 0) is 36.6 Å². The highest BCUT2D eigenvalue weighted by Crippen LogP contribution is 2.34. The molecule has 0 saturated carbocycles. The maximum absolute atomic E-state index is 12.7. The summed E-state index contributed by atoms with van der Waals surface area (Å²) in [4.78, 5) is 6.78. The molecule has 6 nitrogen and oxygen atoms in total. The number of sulfonamides is 1. The fourth-order valence-corrected chi connectivity index (χ4v) is 6.01. The smallest absolute Gasteiger partial charge is 0.268 e. The normalized spacial score (nSPS) is 11.8. The van der Waals surface area contributed by atoms with Gasteiger partial charge < -0.3 is 4.52 Å². The van der Waals surface area contributed by atoms with E-state index in [0.717, 1.165) is 10.4 Å². The van der Waals surface area contributed by atoms with Gasteiger partial charge >= 0.3 is 0 Å². The van der Waals surface area contributed by atoms with Crippen LogP contribution in [0.2, 0.25) is 5.02 Å². The number of benzene rings is 1. The Hall–Kier alpha value is -2.04. The fraction of sp³-hybridized carbons (Fsp3) is 0.111. The molecule has 0 bridgehead atoms. The van der Waals surface area contributed by atoms with Crippen LogP contribution >= 0.6 is 34.3 Å². The average molecular weight is 452 g/mol. The van der Waals surface area contributed by atoms with Crippen LogP contribution in [0.1, 0.15) is 9.75 Å². The summed E-state index contributed by atoms with van der Waals surface area (Å²) in [5, 5.41) is 6.45. The van der Waals surface area contributed by atoms with Crippen LogP contribution in [-0.4, -0.2) is 18.6 Å². The van der Waals surface area contributed by atoms with Crippen molar-refractivity contribution in [1.82, 2.24) is 14.9 Å². The molecule has 0 fully saturated rings. The third-order valence-electron chi connectivity index (χ3n) is 3.90. The van der Waals surface area contributed by atoms with E-state index in [2.05, 4.69) is 14.9 Å². The molecule has 1 N–H and O–H groups in total. The number of nitrogens with one attached hydrogen (secondary N) is 1. The molecule has 0 aliphatic heterocycles. The molecule has 0 saturated heterocycles. The summed E-state index contributed by atoms with van der Waals surface area (Å²) in [6, 6.07) is 12.4. The van der Waals surface area contributed by atoms with E-state index in [4.69, 9.17) is 16.1 Å². The van der Waals surface area contributed by atoms with Gasteiger partial charge in [-0.25, -0.2) is 13.1 Å². The van der Waals surface area contributed by atoms with Crippen molar-refractivity contribution < 1.29 is 12.9 Å². The van der Waals surface area contributed by atoms with Crippen molar-refractivity contribution in [3.63, 3.8) is 0 Å². The minimum Gasteiger partial charge on any atom is -0.333 e. The molecule has 4 aromatic rings. The zero-order chi connectivity index (χ0) is 19.7. The van der Waals surface area contributed by atoms with Crippen molar-refractivity contribution in [2.24, 2.45) is 0 Å². The summed E-state index contributed by atoms with van der Waals surface area (Å²) in [6.07, 6.45) is 0. The second kappa shape index (κ2) is 7.76. The predicted molar refractivity (Wildman–Crippen MR) is 111 cm³/mol. The summed E-state index contributed by atoms with van der Waals surface area (Å²) < 4.78 is 33.3. The second-order valence-corrected chi connectivity index (χ2v) is 10.3. The first-order valence-corrected chi connectivity index (χ1v) is 11.7. The molecule has 0 unspecified atom stereocenters. The third-order valence-corrected chi connectivity index (χ3v) is 7.70. The van der Waals surface area contributed by atoms with E-state index >= 15 is 0 Å². The number of nitrogens with zero attached hydrogens (tertiary/aromatic N) is 2. The van der Waals surface area contributed by atoms with E-state index in [1.54, 1.807) is 31.2 Å². The van der Waals surface area contributed by atoms with Crippen LogP contribution in [0.15, 0.2) is 57.3 Å². The number of hydrogen-bond acceptors (Lipinski definition) is 7. The quantitative estimate of drug-likeness (QED) is 0.447. The molecule has 144 valence electrons. The van der Waals surface area contributed by atoms with E-state index in [-0.39, 0.29) is 17.3 Å². The second-order valence-electron chi connectivity index (χ2n) is 5.87. The Morgan fingerprint density at radius 2 is 2.07 bits per heavy atom. The number of rotatable bonds is 6. The van der Waals surface area contributed by atoms with E-state index < -0.39 is 10.0 Å². The molecular weight excluding hydrogens is 438 g/mol. The van der Waals surface area contributed by atoms with Crippen LogP contribution in [0.25, 0.3) is 22.2 Å². The Labute approximate surface area is 174 Å². The van der Waals surface area contributed by atoms with Crippen LogP contribution in [-0.2, 0) is 16.6 Å². The first-order valence-electron chi connectivity index (χ1n) is 8.15. The lowest BCUT2D eigenvalue weighted by Gasteiger charge is -2.04. The van der Waals surface area contributed by atoms with E-state index in [0.29, 0.717) is 20.6 Å². The lowest BCUT2D eigenvalue weighted by Crippen LogP contribution is -2.22. The van der Waals surface area contributed by atoms with Gasteiger partial charge in [0.1, 0.15) is 0 Å². The summed E-state index contributed by atoms with van der Waals surface area (Å²) in [5.74, 6) is 0.659. The lowest BCUT2D eigenvalue weighted by molar-refractivity contribution is 0.433.